The number of benzene rings is 2. The topological polar surface area (TPSA) is 76.1 Å². The lowest BCUT2D eigenvalue weighted by Crippen LogP contribution is -2.07. The lowest BCUT2D eigenvalue weighted by atomic mass is 10.1. The van der Waals surface area contributed by atoms with Gasteiger partial charge in [-0.05, 0) is 48.9 Å². The minimum atomic E-state index is -0.591. The SMILES string of the molecule is Cc1cc(N)cc(C(=O)OCc2cc(C#N)ccc2F)c1. The van der Waals surface area contributed by atoms with E-state index < -0.39 is 11.8 Å². The molecule has 0 aromatic heterocycles. The molecule has 2 aromatic carbocycles. The van der Waals surface area contributed by atoms with Gasteiger partial charge in [0.25, 0.3) is 0 Å². The minimum Gasteiger partial charge on any atom is -0.457 e. The molecule has 0 saturated carbocycles. The highest BCUT2D eigenvalue weighted by molar-refractivity contribution is 5.90. The number of halogens is 1. The number of nitriles is 1. The van der Waals surface area contributed by atoms with Crippen LogP contribution in [0.25, 0.3) is 0 Å². The fourth-order valence-corrected chi connectivity index (χ4v) is 1.91. The van der Waals surface area contributed by atoms with Crippen LogP contribution in [-0.2, 0) is 11.3 Å². The molecule has 0 amide bonds. The van der Waals surface area contributed by atoms with Gasteiger partial charge >= 0.3 is 5.97 Å². The van der Waals surface area contributed by atoms with Gasteiger partial charge in [0.2, 0.25) is 0 Å². The molecule has 0 aliphatic carbocycles. The van der Waals surface area contributed by atoms with E-state index >= 15 is 0 Å². The number of rotatable bonds is 3. The number of hydrogen-bond acceptors (Lipinski definition) is 4. The lowest BCUT2D eigenvalue weighted by Gasteiger charge is -2.07. The molecule has 0 heterocycles. The van der Waals surface area contributed by atoms with Gasteiger partial charge in [-0.15, -0.1) is 0 Å². The molecule has 0 aliphatic heterocycles. The number of nitrogen functional groups attached to an aromatic ring is 1. The van der Waals surface area contributed by atoms with Gasteiger partial charge in [-0.2, -0.15) is 5.26 Å². The molecule has 0 fully saturated rings. The number of esters is 1. The maximum Gasteiger partial charge on any atom is 0.338 e. The number of nitrogens with two attached hydrogens (primary N) is 1. The standard InChI is InChI=1S/C16H13FN2O2/c1-10-4-12(7-14(19)5-10)16(20)21-9-13-6-11(8-18)2-3-15(13)17/h2-7H,9,19H2,1H3. The van der Waals surface area contributed by atoms with Crippen LogP contribution in [0.5, 0.6) is 0 Å². The highest BCUT2D eigenvalue weighted by atomic mass is 19.1. The summed E-state index contributed by atoms with van der Waals surface area (Å²) >= 11 is 0. The second-order valence-corrected chi connectivity index (χ2v) is 4.63. The first kappa shape index (κ1) is 14.5. The van der Waals surface area contributed by atoms with Crippen molar-refractivity contribution in [1.29, 1.82) is 5.26 Å². The normalized spacial score (nSPS) is 9.95. The monoisotopic (exact) mass is 284 g/mol. The van der Waals surface area contributed by atoms with Crippen LogP contribution >= 0.6 is 0 Å². The molecular weight excluding hydrogens is 271 g/mol. The van der Waals surface area contributed by atoms with Crippen LogP contribution in [0.2, 0.25) is 0 Å². The summed E-state index contributed by atoms with van der Waals surface area (Å²) in [4.78, 5) is 11.9. The number of carbonyl (C=O) groups is 1. The first-order valence-electron chi connectivity index (χ1n) is 6.22. The molecule has 106 valence electrons. The number of aryl methyl sites for hydroxylation is 1. The Kier molecular flexibility index (Phi) is 4.19. The summed E-state index contributed by atoms with van der Waals surface area (Å²) in [6, 6.07) is 10.7. The molecule has 21 heavy (non-hydrogen) atoms. The zero-order chi connectivity index (χ0) is 15.4. The summed E-state index contributed by atoms with van der Waals surface area (Å²) < 4.78 is 18.6. The van der Waals surface area contributed by atoms with E-state index in [1.807, 2.05) is 13.0 Å². The third kappa shape index (κ3) is 3.57. The van der Waals surface area contributed by atoms with Crippen molar-refractivity contribution in [2.45, 2.75) is 13.5 Å². The number of nitrogens with zero attached hydrogens (tertiary/aromatic N) is 1. The minimum absolute atomic E-state index is 0.156. The van der Waals surface area contributed by atoms with Crippen molar-refractivity contribution in [2.75, 3.05) is 5.73 Å². The molecule has 2 N–H and O–H groups in total. The predicted octanol–water partition coefficient (Wildman–Crippen LogP) is 2.95. The quantitative estimate of drug-likeness (QED) is 0.694. The van der Waals surface area contributed by atoms with Gasteiger partial charge in [0.1, 0.15) is 12.4 Å². The summed E-state index contributed by atoms with van der Waals surface area (Å²) in [5, 5.41) is 8.78. The summed E-state index contributed by atoms with van der Waals surface area (Å²) in [6.45, 7) is 1.57. The maximum atomic E-state index is 13.6. The van der Waals surface area contributed by atoms with E-state index in [-0.39, 0.29) is 12.2 Å². The average Bonchev–Trinajstić information content (AvgIpc) is 2.45. The van der Waals surface area contributed by atoms with Gasteiger partial charge in [0, 0.05) is 11.3 Å². The van der Waals surface area contributed by atoms with Crippen molar-refractivity contribution in [3.63, 3.8) is 0 Å². The Morgan fingerprint density at radius 1 is 1.33 bits per heavy atom. The Balaban J connectivity index is 2.13. The van der Waals surface area contributed by atoms with Gasteiger partial charge in [-0.1, -0.05) is 0 Å². The molecule has 0 saturated heterocycles. The van der Waals surface area contributed by atoms with Crippen LogP contribution in [0, 0.1) is 24.1 Å². The second kappa shape index (κ2) is 6.06. The molecule has 4 nitrogen and oxygen atoms in total. The van der Waals surface area contributed by atoms with Gasteiger partial charge in [-0.3, -0.25) is 0 Å². The molecule has 5 heteroatoms. The number of hydrogen-bond donors (Lipinski definition) is 1. The fraction of sp³-hybridized carbons (Fsp3) is 0.125. The van der Waals surface area contributed by atoms with Gasteiger partial charge in [0.05, 0.1) is 17.2 Å². The van der Waals surface area contributed by atoms with Crippen molar-refractivity contribution < 1.29 is 13.9 Å². The summed E-state index contributed by atoms with van der Waals surface area (Å²) in [5.74, 6) is -1.11. The fourth-order valence-electron chi connectivity index (χ4n) is 1.91. The van der Waals surface area contributed by atoms with Crippen molar-refractivity contribution in [2.24, 2.45) is 0 Å². The van der Waals surface area contributed by atoms with Gasteiger partial charge in [-0.25, -0.2) is 9.18 Å². The number of anilines is 1. The third-order valence-corrected chi connectivity index (χ3v) is 2.87. The number of carbonyl (C=O) groups excluding carboxylic acids is 1. The number of ether oxygens (including phenoxy) is 1. The Morgan fingerprint density at radius 3 is 2.76 bits per heavy atom. The summed E-state index contributed by atoms with van der Waals surface area (Å²) in [7, 11) is 0. The van der Waals surface area contributed by atoms with Gasteiger partial charge < -0.3 is 10.5 Å². The van der Waals surface area contributed by atoms with E-state index in [1.165, 1.54) is 24.3 Å². The van der Waals surface area contributed by atoms with Crippen molar-refractivity contribution in [1.82, 2.24) is 0 Å². The third-order valence-electron chi connectivity index (χ3n) is 2.87. The molecule has 2 rings (SSSR count). The van der Waals surface area contributed by atoms with Crippen LogP contribution in [0.3, 0.4) is 0 Å². The van der Waals surface area contributed by atoms with E-state index in [0.29, 0.717) is 16.8 Å². The smallest absolute Gasteiger partial charge is 0.338 e. The Morgan fingerprint density at radius 2 is 2.10 bits per heavy atom. The van der Waals surface area contributed by atoms with Crippen LogP contribution in [0.1, 0.15) is 27.0 Å². The van der Waals surface area contributed by atoms with Crippen LogP contribution < -0.4 is 5.73 Å². The first-order chi connectivity index (χ1) is 9.99. The van der Waals surface area contributed by atoms with Crippen molar-refractivity contribution >= 4 is 11.7 Å². The molecule has 0 spiro atoms. The molecule has 2 aromatic rings. The van der Waals surface area contributed by atoms with E-state index in [0.717, 1.165) is 5.56 Å². The van der Waals surface area contributed by atoms with Crippen LogP contribution in [-0.4, -0.2) is 5.97 Å². The van der Waals surface area contributed by atoms with E-state index in [2.05, 4.69) is 0 Å². The Bertz CT molecular complexity index is 715. The Labute approximate surface area is 121 Å². The molecule has 0 bridgehead atoms. The van der Waals surface area contributed by atoms with Crippen LogP contribution in [0.4, 0.5) is 10.1 Å². The molecule has 0 unspecified atom stereocenters. The molecule has 0 radical (unpaired) electrons. The maximum absolute atomic E-state index is 13.6. The predicted molar refractivity (Wildman–Crippen MR) is 75.8 cm³/mol. The van der Waals surface area contributed by atoms with Crippen molar-refractivity contribution in [3.05, 3.63) is 64.5 Å². The largest absolute Gasteiger partial charge is 0.457 e. The highest BCUT2D eigenvalue weighted by Crippen LogP contribution is 2.15. The highest BCUT2D eigenvalue weighted by Gasteiger charge is 2.11. The molecular formula is C16H13FN2O2. The average molecular weight is 284 g/mol. The zero-order valence-electron chi connectivity index (χ0n) is 11.4. The summed E-state index contributed by atoms with van der Waals surface area (Å²) in [6.07, 6.45) is 0. The first-order valence-corrected chi connectivity index (χ1v) is 6.22. The van der Waals surface area contributed by atoms with E-state index in [4.69, 9.17) is 15.7 Å². The van der Waals surface area contributed by atoms with Crippen molar-refractivity contribution in [3.8, 4) is 6.07 Å². The van der Waals surface area contributed by atoms with E-state index in [9.17, 15) is 9.18 Å². The van der Waals surface area contributed by atoms with Gasteiger partial charge in [0.15, 0.2) is 0 Å². The summed E-state index contributed by atoms with van der Waals surface area (Å²) in [5.41, 5.74) is 7.73. The zero-order valence-corrected chi connectivity index (χ0v) is 11.4. The lowest BCUT2D eigenvalue weighted by molar-refractivity contribution is 0.0469. The van der Waals surface area contributed by atoms with E-state index in [1.54, 1.807) is 12.1 Å². The van der Waals surface area contributed by atoms with Crippen LogP contribution in [0.15, 0.2) is 36.4 Å². The molecule has 0 aliphatic rings. The Hall–Kier alpha value is -2.87. The second-order valence-electron chi connectivity index (χ2n) is 4.63. The molecule has 0 atom stereocenters.